The van der Waals surface area contributed by atoms with Gasteiger partial charge in [0, 0.05) is 12.8 Å². The molecule has 2 nitrogen and oxygen atoms in total. The van der Waals surface area contributed by atoms with Gasteiger partial charge < -0.3 is 5.32 Å². The standard InChI is InChI=1S/C8H17NO/c1-3-8(10)6-4-5-7-9-2/h9H,3-7H2,1-2H3. The van der Waals surface area contributed by atoms with Crippen LogP contribution in [0.15, 0.2) is 0 Å². The number of nitrogens with one attached hydrogen (secondary N) is 1. The molecule has 0 heterocycles. The lowest BCUT2D eigenvalue weighted by atomic mass is 10.1. The van der Waals surface area contributed by atoms with E-state index in [9.17, 15) is 4.79 Å². The molecule has 0 aliphatic rings. The molecule has 0 saturated carbocycles. The highest BCUT2D eigenvalue weighted by Crippen LogP contribution is 1.97. The van der Waals surface area contributed by atoms with Crippen LogP contribution in [0.2, 0.25) is 0 Å². The third-order valence-corrected chi connectivity index (χ3v) is 1.53. The van der Waals surface area contributed by atoms with E-state index in [0.29, 0.717) is 12.2 Å². The molecule has 1 N–H and O–H groups in total. The van der Waals surface area contributed by atoms with Gasteiger partial charge in [0.2, 0.25) is 0 Å². The molecule has 0 aromatic carbocycles. The molecule has 0 aliphatic carbocycles. The number of carbonyl (C=O) groups is 1. The Balaban J connectivity index is 2.96. The fraction of sp³-hybridized carbons (Fsp3) is 0.875. The number of unbranched alkanes of at least 4 members (excludes halogenated alkanes) is 1. The largest absolute Gasteiger partial charge is 0.320 e. The van der Waals surface area contributed by atoms with Crippen LogP contribution < -0.4 is 5.32 Å². The third-order valence-electron chi connectivity index (χ3n) is 1.53. The Morgan fingerprint density at radius 1 is 1.40 bits per heavy atom. The Bertz CT molecular complexity index is 91.3. The average molecular weight is 143 g/mol. The van der Waals surface area contributed by atoms with Crippen molar-refractivity contribution in [3.8, 4) is 0 Å². The molecule has 0 unspecified atom stereocenters. The van der Waals surface area contributed by atoms with Crippen LogP contribution >= 0.6 is 0 Å². The van der Waals surface area contributed by atoms with E-state index < -0.39 is 0 Å². The maximum absolute atomic E-state index is 10.8. The summed E-state index contributed by atoms with van der Waals surface area (Å²) in [5, 5.41) is 3.05. The Morgan fingerprint density at radius 3 is 2.60 bits per heavy atom. The summed E-state index contributed by atoms with van der Waals surface area (Å²) < 4.78 is 0. The lowest BCUT2D eigenvalue weighted by Crippen LogP contribution is -2.07. The zero-order valence-electron chi connectivity index (χ0n) is 6.94. The fourth-order valence-corrected chi connectivity index (χ4v) is 0.801. The van der Waals surface area contributed by atoms with Gasteiger partial charge in [0.1, 0.15) is 5.78 Å². The first kappa shape index (κ1) is 9.63. The van der Waals surface area contributed by atoms with E-state index in [2.05, 4.69) is 5.32 Å². The summed E-state index contributed by atoms with van der Waals surface area (Å²) in [5.74, 6) is 0.385. The highest BCUT2D eigenvalue weighted by Gasteiger charge is 1.95. The van der Waals surface area contributed by atoms with E-state index >= 15 is 0 Å². The van der Waals surface area contributed by atoms with Gasteiger partial charge in [-0.05, 0) is 26.4 Å². The van der Waals surface area contributed by atoms with Crippen LogP contribution in [-0.2, 0) is 4.79 Å². The fourth-order valence-electron chi connectivity index (χ4n) is 0.801. The van der Waals surface area contributed by atoms with Crippen molar-refractivity contribution >= 4 is 5.78 Å². The number of hydrogen-bond acceptors (Lipinski definition) is 2. The zero-order chi connectivity index (χ0) is 7.82. The lowest BCUT2D eigenvalue weighted by Gasteiger charge is -1.97. The van der Waals surface area contributed by atoms with Gasteiger partial charge in [0.15, 0.2) is 0 Å². The maximum atomic E-state index is 10.8. The van der Waals surface area contributed by atoms with Crippen LogP contribution in [0.25, 0.3) is 0 Å². The highest BCUT2D eigenvalue weighted by molar-refractivity contribution is 5.77. The molecule has 10 heavy (non-hydrogen) atoms. The van der Waals surface area contributed by atoms with Crippen molar-refractivity contribution in [2.24, 2.45) is 0 Å². The van der Waals surface area contributed by atoms with Crippen LogP contribution in [0.5, 0.6) is 0 Å². The molecule has 2 heteroatoms. The van der Waals surface area contributed by atoms with Gasteiger partial charge in [-0.15, -0.1) is 0 Å². The number of ketones is 1. The summed E-state index contributed by atoms with van der Waals surface area (Å²) in [5.41, 5.74) is 0. The zero-order valence-corrected chi connectivity index (χ0v) is 6.94. The van der Waals surface area contributed by atoms with E-state index in [0.717, 1.165) is 25.8 Å². The Kier molecular flexibility index (Phi) is 6.50. The number of rotatable bonds is 6. The molecule has 0 aliphatic heterocycles. The van der Waals surface area contributed by atoms with Crippen molar-refractivity contribution in [2.45, 2.75) is 32.6 Å². The van der Waals surface area contributed by atoms with Crippen LogP contribution in [0.4, 0.5) is 0 Å². The Labute approximate surface area is 63.0 Å². The average Bonchev–Trinajstić information content (AvgIpc) is 1.98. The summed E-state index contributed by atoms with van der Waals surface area (Å²) in [7, 11) is 1.93. The van der Waals surface area contributed by atoms with Crippen LogP contribution in [0.1, 0.15) is 32.6 Å². The van der Waals surface area contributed by atoms with Gasteiger partial charge in [-0.1, -0.05) is 6.92 Å². The molecule has 0 aromatic rings. The normalized spacial score (nSPS) is 9.80. The van der Waals surface area contributed by atoms with Gasteiger partial charge >= 0.3 is 0 Å². The lowest BCUT2D eigenvalue weighted by molar-refractivity contribution is -0.118. The van der Waals surface area contributed by atoms with Crippen molar-refractivity contribution in [2.75, 3.05) is 13.6 Å². The summed E-state index contributed by atoms with van der Waals surface area (Å²) in [6.07, 6.45) is 3.60. The summed E-state index contributed by atoms with van der Waals surface area (Å²) in [6, 6.07) is 0. The van der Waals surface area contributed by atoms with Gasteiger partial charge in [-0.2, -0.15) is 0 Å². The van der Waals surface area contributed by atoms with Crippen LogP contribution in [0.3, 0.4) is 0 Å². The maximum Gasteiger partial charge on any atom is 0.132 e. The quantitative estimate of drug-likeness (QED) is 0.569. The predicted octanol–water partition coefficient (Wildman–Crippen LogP) is 1.36. The molecule has 0 spiro atoms. The SMILES string of the molecule is CCC(=O)CCCCNC. The van der Waals surface area contributed by atoms with Crippen LogP contribution in [0, 0.1) is 0 Å². The number of hydrogen-bond donors (Lipinski definition) is 1. The van der Waals surface area contributed by atoms with Gasteiger partial charge in [-0.3, -0.25) is 4.79 Å². The molecule has 0 atom stereocenters. The van der Waals surface area contributed by atoms with E-state index in [4.69, 9.17) is 0 Å². The molecule has 0 fully saturated rings. The minimum Gasteiger partial charge on any atom is -0.320 e. The first-order valence-corrected chi connectivity index (χ1v) is 3.97. The molecule has 0 amide bonds. The summed E-state index contributed by atoms with van der Waals surface area (Å²) >= 11 is 0. The second kappa shape index (κ2) is 6.75. The first-order valence-electron chi connectivity index (χ1n) is 3.97. The van der Waals surface area contributed by atoms with Crippen molar-refractivity contribution in [3.05, 3.63) is 0 Å². The smallest absolute Gasteiger partial charge is 0.132 e. The van der Waals surface area contributed by atoms with E-state index in [1.165, 1.54) is 0 Å². The third kappa shape index (κ3) is 5.76. The predicted molar refractivity (Wildman–Crippen MR) is 43.1 cm³/mol. The second-order valence-electron chi connectivity index (χ2n) is 2.45. The Hall–Kier alpha value is -0.370. The molecular formula is C8H17NO. The molecule has 0 rings (SSSR count). The van der Waals surface area contributed by atoms with Crippen molar-refractivity contribution in [3.63, 3.8) is 0 Å². The van der Waals surface area contributed by atoms with Gasteiger partial charge in [0.25, 0.3) is 0 Å². The van der Waals surface area contributed by atoms with Crippen LogP contribution in [-0.4, -0.2) is 19.4 Å². The molecular weight excluding hydrogens is 126 g/mol. The number of Topliss-reactive ketones (excluding diaryl/α,β-unsaturated/α-hetero) is 1. The van der Waals surface area contributed by atoms with Crippen molar-refractivity contribution in [1.82, 2.24) is 5.32 Å². The van der Waals surface area contributed by atoms with E-state index in [-0.39, 0.29) is 0 Å². The second-order valence-corrected chi connectivity index (χ2v) is 2.45. The minimum absolute atomic E-state index is 0.385. The molecule has 0 aromatic heterocycles. The molecule has 0 saturated heterocycles. The van der Waals surface area contributed by atoms with E-state index in [1.807, 2.05) is 14.0 Å². The summed E-state index contributed by atoms with van der Waals surface area (Å²) in [4.78, 5) is 10.8. The van der Waals surface area contributed by atoms with E-state index in [1.54, 1.807) is 0 Å². The minimum atomic E-state index is 0.385. The van der Waals surface area contributed by atoms with Gasteiger partial charge in [0.05, 0.1) is 0 Å². The summed E-state index contributed by atoms with van der Waals surface area (Å²) in [6.45, 7) is 2.94. The Morgan fingerprint density at radius 2 is 2.10 bits per heavy atom. The number of carbonyl (C=O) groups excluding carboxylic acids is 1. The van der Waals surface area contributed by atoms with Crippen molar-refractivity contribution in [1.29, 1.82) is 0 Å². The van der Waals surface area contributed by atoms with Crippen molar-refractivity contribution < 1.29 is 4.79 Å². The molecule has 0 bridgehead atoms. The van der Waals surface area contributed by atoms with Gasteiger partial charge in [-0.25, -0.2) is 0 Å². The molecule has 60 valence electrons. The molecule has 0 radical (unpaired) electrons. The topological polar surface area (TPSA) is 29.1 Å². The first-order chi connectivity index (χ1) is 4.81. The highest BCUT2D eigenvalue weighted by atomic mass is 16.1. The monoisotopic (exact) mass is 143 g/mol.